The van der Waals surface area contributed by atoms with E-state index in [4.69, 9.17) is 5.84 Å². The minimum absolute atomic E-state index is 0.0962. The third-order valence-electron chi connectivity index (χ3n) is 2.26. The molecule has 0 aromatic carbocycles. The third-order valence-corrected chi connectivity index (χ3v) is 4.03. The second kappa shape index (κ2) is 5.46. The second-order valence-corrected chi connectivity index (χ2v) is 5.37. The first-order valence-corrected chi connectivity index (χ1v) is 6.91. The largest absolute Gasteiger partial charge is 0.294 e. The van der Waals surface area contributed by atoms with E-state index in [0.717, 1.165) is 28.0 Å². The van der Waals surface area contributed by atoms with Crippen LogP contribution in [0, 0.1) is 0 Å². The van der Waals surface area contributed by atoms with Crippen LogP contribution in [0.5, 0.6) is 0 Å². The summed E-state index contributed by atoms with van der Waals surface area (Å²) in [6.45, 7) is 0.0962. The molecule has 1 aromatic heterocycles. The quantitative estimate of drug-likeness (QED) is 0.471. The molecule has 0 radical (unpaired) electrons. The maximum Gasteiger partial charge on any atom is 0.294 e. The molecule has 0 saturated carbocycles. The van der Waals surface area contributed by atoms with E-state index < -0.39 is 5.91 Å². The van der Waals surface area contributed by atoms with Gasteiger partial charge in [-0.05, 0) is 0 Å². The average molecular weight is 286 g/mol. The van der Waals surface area contributed by atoms with Crippen LogP contribution < -0.4 is 11.3 Å². The zero-order valence-electron chi connectivity index (χ0n) is 9.21. The van der Waals surface area contributed by atoms with Gasteiger partial charge in [-0.15, -0.1) is 11.3 Å². The normalized spacial score (nSPS) is 15.9. The number of carbonyl (C=O) groups excluding carboxylic acids is 3. The average Bonchev–Trinajstić information content (AvgIpc) is 2.81. The molecule has 3 N–H and O–H groups in total. The molecule has 96 valence electrons. The van der Waals surface area contributed by atoms with Crippen molar-refractivity contribution in [2.75, 3.05) is 5.75 Å². The summed E-state index contributed by atoms with van der Waals surface area (Å²) in [5.41, 5.74) is 2.48. The van der Waals surface area contributed by atoms with Crippen molar-refractivity contribution in [1.29, 1.82) is 0 Å². The lowest BCUT2D eigenvalue weighted by molar-refractivity contribution is -0.128. The summed E-state index contributed by atoms with van der Waals surface area (Å²) in [6.07, 6.45) is 0.344. The topological polar surface area (TPSA) is 105 Å². The number of thioether (sulfide) groups is 1. The molecule has 1 aromatic rings. The standard InChI is InChI=1S/C9H10N4O3S2/c10-12-7(15)8-11-5(4-18-8)3-13-6(14)1-2-17-9(13)16/h4H,1-3,10H2,(H,12,15). The number of nitrogens with two attached hydrogens (primary N) is 1. The van der Waals surface area contributed by atoms with Crippen molar-refractivity contribution in [3.8, 4) is 0 Å². The molecular weight excluding hydrogens is 276 g/mol. The highest BCUT2D eigenvalue weighted by Crippen LogP contribution is 2.21. The van der Waals surface area contributed by atoms with E-state index >= 15 is 0 Å². The number of aromatic nitrogens is 1. The van der Waals surface area contributed by atoms with Gasteiger partial charge in [0.25, 0.3) is 11.1 Å². The van der Waals surface area contributed by atoms with Gasteiger partial charge in [0.15, 0.2) is 5.01 Å². The Balaban J connectivity index is 2.09. The van der Waals surface area contributed by atoms with Gasteiger partial charge in [0.2, 0.25) is 5.91 Å². The maximum absolute atomic E-state index is 11.6. The van der Waals surface area contributed by atoms with Crippen molar-refractivity contribution in [2.45, 2.75) is 13.0 Å². The molecular formula is C9H10N4O3S2. The number of imide groups is 1. The molecule has 18 heavy (non-hydrogen) atoms. The first-order valence-electron chi connectivity index (χ1n) is 5.04. The van der Waals surface area contributed by atoms with Gasteiger partial charge in [-0.2, -0.15) is 0 Å². The third kappa shape index (κ3) is 2.68. The number of hydrogen-bond acceptors (Lipinski definition) is 7. The van der Waals surface area contributed by atoms with Crippen LogP contribution in [-0.2, 0) is 11.3 Å². The number of rotatable bonds is 3. The van der Waals surface area contributed by atoms with Gasteiger partial charge in [-0.3, -0.25) is 24.7 Å². The highest BCUT2D eigenvalue weighted by Gasteiger charge is 2.27. The van der Waals surface area contributed by atoms with Crippen LogP contribution in [-0.4, -0.2) is 32.7 Å². The Kier molecular flexibility index (Phi) is 3.94. The number of thiazole rings is 1. The van der Waals surface area contributed by atoms with Gasteiger partial charge < -0.3 is 0 Å². The smallest absolute Gasteiger partial charge is 0.288 e. The molecule has 3 amide bonds. The number of nitrogens with zero attached hydrogens (tertiary/aromatic N) is 2. The van der Waals surface area contributed by atoms with Crippen LogP contribution in [0.25, 0.3) is 0 Å². The molecule has 7 nitrogen and oxygen atoms in total. The highest BCUT2D eigenvalue weighted by atomic mass is 32.2. The molecule has 1 fully saturated rings. The molecule has 0 spiro atoms. The summed E-state index contributed by atoms with van der Waals surface area (Å²) in [6, 6.07) is 0. The Morgan fingerprint density at radius 2 is 2.33 bits per heavy atom. The fourth-order valence-corrected chi connectivity index (χ4v) is 2.89. The van der Waals surface area contributed by atoms with Gasteiger partial charge >= 0.3 is 0 Å². The van der Waals surface area contributed by atoms with Crippen LogP contribution in [0.1, 0.15) is 21.9 Å². The molecule has 2 heterocycles. The number of nitrogens with one attached hydrogen (secondary N) is 1. The lowest BCUT2D eigenvalue weighted by atomic mass is 10.3. The fourth-order valence-electron chi connectivity index (χ4n) is 1.40. The number of nitrogen functional groups attached to an aromatic ring is 1. The van der Waals surface area contributed by atoms with Crippen molar-refractivity contribution in [1.82, 2.24) is 15.3 Å². The lowest BCUT2D eigenvalue weighted by Crippen LogP contribution is -2.37. The highest BCUT2D eigenvalue weighted by molar-refractivity contribution is 8.13. The first kappa shape index (κ1) is 13.0. The van der Waals surface area contributed by atoms with E-state index in [1.54, 1.807) is 5.38 Å². The summed E-state index contributed by atoms with van der Waals surface area (Å²) in [5, 5.41) is 1.56. The number of carbonyl (C=O) groups is 3. The van der Waals surface area contributed by atoms with Crippen molar-refractivity contribution >= 4 is 40.2 Å². The molecule has 0 aliphatic carbocycles. The van der Waals surface area contributed by atoms with E-state index in [1.807, 2.05) is 5.43 Å². The Morgan fingerprint density at radius 3 is 3.00 bits per heavy atom. The monoisotopic (exact) mass is 286 g/mol. The number of amides is 3. The van der Waals surface area contributed by atoms with Crippen LogP contribution >= 0.6 is 23.1 Å². The van der Waals surface area contributed by atoms with Crippen LogP contribution in [0.4, 0.5) is 4.79 Å². The van der Waals surface area contributed by atoms with Crippen molar-refractivity contribution < 1.29 is 14.4 Å². The molecule has 1 aliphatic heterocycles. The van der Waals surface area contributed by atoms with Gasteiger partial charge in [-0.25, -0.2) is 10.8 Å². The van der Waals surface area contributed by atoms with Crippen molar-refractivity contribution in [3.63, 3.8) is 0 Å². The van der Waals surface area contributed by atoms with E-state index in [9.17, 15) is 14.4 Å². The molecule has 0 unspecified atom stereocenters. The van der Waals surface area contributed by atoms with Gasteiger partial charge in [0, 0.05) is 17.6 Å². The Hall–Kier alpha value is -1.45. The number of hydrogen-bond donors (Lipinski definition) is 2. The Bertz CT molecular complexity index is 486. The van der Waals surface area contributed by atoms with Crippen molar-refractivity contribution in [3.05, 3.63) is 16.1 Å². The Labute approximate surface area is 111 Å². The molecule has 9 heteroatoms. The lowest BCUT2D eigenvalue weighted by Gasteiger charge is -2.23. The summed E-state index contributed by atoms with van der Waals surface area (Å²) in [7, 11) is 0. The molecule has 2 rings (SSSR count). The maximum atomic E-state index is 11.6. The minimum atomic E-state index is -0.489. The van der Waals surface area contributed by atoms with Crippen LogP contribution in [0.2, 0.25) is 0 Å². The van der Waals surface area contributed by atoms with Crippen molar-refractivity contribution in [2.24, 2.45) is 5.84 Å². The second-order valence-electron chi connectivity index (χ2n) is 3.46. The van der Waals surface area contributed by atoms with E-state index in [2.05, 4.69) is 4.98 Å². The predicted octanol–water partition coefficient (Wildman–Crippen LogP) is 0.332. The van der Waals surface area contributed by atoms with E-state index in [1.165, 1.54) is 0 Å². The SMILES string of the molecule is NNC(=O)c1nc(CN2C(=O)CCSC2=O)cs1. The summed E-state index contributed by atoms with van der Waals surface area (Å²) in [4.78, 5) is 39.5. The van der Waals surface area contributed by atoms with E-state index in [0.29, 0.717) is 17.9 Å². The fraction of sp³-hybridized carbons (Fsp3) is 0.333. The predicted molar refractivity (Wildman–Crippen MR) is 66.8 cm³/mol. The first-order chi connectivity index (χ1) is 8.61. The van der Waals surface area contributed by atoms with Crippen LogP contribution in [0.15, 0.2) is 5.38 Å². The zero-order valence-corrected chi connectivity index (χ0v) is 10.8. The Morgan fingerprint density at radius 1 is 1.56 bits per heavy atom. The van der Waals surface area contributed by atoms with Gasteiger partial charge in [0.1, 0.15) is 0 Å². The van der Waals surface area contributed by atoms with Crippen LogP contribution in [0.3, 0.4) is 0 Å². The van der Waals surface area contributed by atoms with E-state index in [-0.39, 0.29) is 22.7 Å². The van der Waals surface area contributed by atoms with Gasteiger partial charge in [-0.1, -0.05) is 11.8 Å². The molecule has 0 atom stereocenters. The van der Waals surface area contributed by atoms with Gasteiger partial charge in [0.05, 0.1) is 12.2 Å². The summed E-state index contributed by atoms with van der Waals surface area (Å²) < 4.78 is 0. The number of hydrazine groups is 1. The molecule has 0 bridgehead atoms. The summed E-state index contributed by atoms with van der Waals surface area (Å²) >= 11 is 2.22. The molecule has 1 saturated heterocycles. The minimum Gasteiger partial charge on any atom is -0.288 e. The summed E-state index contributed by atoms with van der Waals surface area (Å²) in [5.74, 6) is 4.81. The molecule has 1 aliphatic rings. The zero-order chi connectivity index (χ0) is 13.1.